The fourth-order valence-corrected chi connectivity index (χ4v) is 1.77. The van der Waals surface area contributed by atoms with Crippen LogP contribution in [0.4, 0.5) is 0 Å². The van der Waals surface area contributed by atoms with Crippen molar-refractivity contribution in [1.29, 1.82) is 0 Å². The molecule has 88 valence electrons. The van der Waals surface area contributed by atoms with Crippen LogP contribution < -0.4 is 10.6 Å². The van der Waals surface area contributed by atoms with Gasteiger partial charge in [-0.3, -0.25) is 4.79 Å². The molecule has 1 rings (SSSR count). The Balaban J connectivity index is 1.89. The molecule has 0 spiro atoms. The highest BCUT2D eigenvalue weighted by molar-refractivity contribution is 5.75. The molecule has 15 heavy (non-hydrogen) atoms. The maximum atomic E-state index is 10.9. The summed E-state index contributed by atoms with van der Waals surface area (Å²) in [6.45, 7) is 3.76. The molecule has 0 aliphatic carbocycles. The topological polar surface area (TPSA) is 50.4 Å². The molecular formula is C11H22N2O2. The Morgan fingerprint density at radius 2 is 2.40 bits per heavy atom. The predicted molar refractivity (Wildman–Crippen MR) is 59.7 cm³/mol. The van der Waals surface area contributed by atoms with Crippen molar-refractivity contribution in [2.45, 2.75) is 25.7 Å². The zero-order valence-corrected chi connectivity index (χ0v) is 9.55. The molecule has 0 saturated carbocycles. The van der Waals surface area contributed by atoms with Gasteiger partial charge in [0, 0.05) is 26.6 Å². The highest BCUT2D eigenvalue weighted by Gasteiger charge is 2.12. The third kappa shape index (κ3) is 5.74. The second-order valence-corrected chi connectivity index (χ2v) is 4.06. The summed E-state index contributed by atoms with van der Waals surface area (Å²) in [6.07, 6.45) is 3.98. The van der Waals surface area contributed by atoms with Gasteiger partial charge < -0.3 is 15.4 Å². The van der Waals surface area contributed by atoms with Gasteiger partial charge in [0.1, 0.15) is 0 Å². The Morgan fingerprint density at radius 1 is 1.53 bits per heavy atom. The van der Waals surface area contributed by atoms with Crippen molar-refractivity contribution < 1.29 is 9.53 Å². The maximum absolute atomic E-state index is 10.9. The summed E-state index contributed by atoms with van der Waals surface area (Å²) < 4.78 is 5.39. The standard InChI is InChI=1S/C11H22N2O2/c1-12-11(14)5-2-6-13-8-10-4-3-7-15-9-10/h10,13H,2-9H2,1H3,(H,12,14). The monoisotopic (exact) mass is 214 g/mol. The van der Waals surface area contributed by atoms with Gasteiger partial charge in [-0.1, -0.05) is 0 Å². The van der Waals surface area contributed by atoms with Crippen LogP contribution in [-0.2, 0) is 9.53 Å². The molecule has 1 aliphatic rings. The van der Waals surface area contributed by atoms with Gasteiger partial charge in [0.25, 0.3) is 0 Å². The summed E-state index contributed by atoms with van der Waals surface area (Å²) in [5.74, 6) is 0.788. The quantitative estimate of drug-likeness (QED) is 0.634. The molecule has 1 saturated heterocycles. The molecule has 0 aromatic rings. The van der Waals surface area contributed by atoms with Crippen molar-refractivity contribution in [1.82, 2.24) is 10.6 Å². The lowest BCUT2D eigenvalue weighted by atomic mass is 10.0. The third-order valence-electron chi connectivity index (χ3n) is 2.72. The summed E-state index contributed by atoms with van der Waals surface area (Å²) in [7, 11) is 1.68. The molecule has 1 heterocycles. The molecule has 0 aromatic heterocycles. The first-order valence-electron chi connectivity index (χ1n) is 5.82. The minimum Gasteiger partial charge on any atom is -0.381 e. The van der Waals surface area contributed by atoms with Crippen LogP contribution in [-0.4, -0.2) is 39.3 Å². The number of hydrogen-bond donors (Lipinski definition) is 2. The van der Waals surface area contributed by atoms with E-state index in [9.17, 15) is 4.79 Å². The Bertz CT molecular complexity index is 179. The van der Waals surface area contributed by atoms with E-state index in [2.05, 4.69) is 10.6 Å². The van der Waals surface area contributed by atoms with Crippen LogP contribution in [0.25, 0.3) is 0 Å². The van der Waals surface area contributed by atoms with E-state index in [1.165, 1.54) is 12.8 Å². The lowest BCUT2D eigenvalue weighted by Gasteiger charge is -2.22. The summed E-state index contributed by atoms with van der Waals surface area (Å²) in [5.41, 5.74) is 0. The summed E-state index contributed by atoms with van der Waals surface area (Å²) >= 11 is 0. The fourth-order valence-electron chi connectivity index (χ4n) is 1.77. The average molecular weight is 214 g/mol. The second-order valence-electron chi connectivity index (χ2n) is 4.06. The number of hydrogen-bond acceptors (Lipinski definition) is 3. The zero-order chi connectivity index (χ0) is 10.9. The minimum absolute atomic E-state index is 0.123. The van der Waals surface area contributed by atoms with Crippen molar-refractivity contribution in [3.8, 4) is 0 Å². The van der Waals surface area contributed by atoms with Crippen molar-refractivity contribution in [3.63, 3.8) is 0 Å². The minimum atomic E-state index is 0.123. The number of ether oxygens (including phenoxy) is 1. The number of amides is 1. The van der Waals surface area contributed by atoms with E-state index in [4.69, 9.17) is 4.74 Å². The molecule has 4 nitrogen and oxygen atoms in total. The largest absolute Gasteiger partial charge is 0.381 e. The first-order chi connectivity index (χ1) is 7.33. The van der Waals surface area contributed by atoms with Crippen LogP contribution in [0.2, 0.25) is 0 Å². The van der Waals surface area contributed by atoms with E-state index in [1.807, 2.05) is 0 Å². The molecule has 1 unspecified atom stereocenters. The highest BCUT2D eigenvalue weighted by Crippen LogP contribution is 2.11. The van der Waals surface area contributed by atoms with Crippen LogP contribution in [0.3, 0.4) is 0 Å². The van der Waals surface area contributed by atoms with E-state index >= 15 is 0 Å². The number of nitrogens with one attached hydrogen (secondary N) is 2. The smallest absolute Gasteiger partial charge is 0.219 e. The zero-order valence-electron chi connectivity index (χ0n) is 9.55. The van der Waals surface area contributed by atoms with Crippen molar-refractivity contribution in [3.05, 3.63) is 0 Å². The van der Waals surface area contributed by atoms with Crippen LogP contribution in [0, 0.1) is 5.92 Å². The second kappa shape index (κ2) is 7.65. The van der Waals surface area contributed by atoms with E-state index in [0.717, 1.165) is 32.7 Å². The Kier molecular flexibility index (Phi) is 6.36. The Labute approximate surface area is 91.8 Å². The van der Waals surface area contributed by atoms with E-state index in [0.29, 0.717) is 12.3 Å². The lowest BCUT2D eigenvalue weighted by molar-refractivity contribution is -0.120. The van der Waals surface area contributed by atoms with Gasteiger partial charge in [-0.05, 0) is 31.7 Å². The van der Waals surface area contributed by atoms with Crippen LogP contribution in [0.15, 0.2) is 0 Å². The van der Waals surface area contributed by atoms with Gasteiger partial charge in [0.05, 0.1) is 6.61 Å². The number of carbonyl (C=O) groups is 1. The molecule has 0 aromatic carbocycles. The molecule has 1 atom stereocenters. The Hall–Kier alpha value is -0.610. The van der Waals surface area contributed by atoms with Gasteiger partial charge in [-0.15, -0.1) is 0 Å². The molecule has 2 N–H and O–H groups in total. The summed E-state index contributed by atoms with van der Waals surface area (Å²) in [4.78, 5) is 10.9. The first-order valence-corrected chi connectivity index (χ1v) is 5.82. The van der Waals surface area contributed by atoms with Crippen LogP contribution in [0.5, 0.6) is 0 Å². The molecular weight excluding hydrogens is 192 g/mol. The molecule has 1 aliphatic heterocycles. The maximum Gasteiger partial charge on any atom is 0.219 e. The van der Waals surface area contributed by atoms with Crippen molar-refractivity contribution in [2.75, 3.05) is 33.4 Å². The lowest BCUT2D eigenvalue weighted by Crippen LogP contribution is -2.30. The summed E-state index contributed by atoms with van der Waals surface area (Å²) in [6, 6.07) is 0. The molecule has 1 amide bonds. The van der Waals surface area contributed by atoms with Gasteiger partial charge in [-0.25, -0.2) is 0 Å². The number of rotatable bonds is 6. The summed E-state index contributed by atoms with van der Waals surface area (Å²) in [5, 5.41) is 5.99. The normalized spacial score (nSPS) is 21.3. The molecule has 4 heteroatoms. The first kappa shape index (κ1) is 12.5. The van der Waals surface area contributed by atoms with Gasteiger partial charge >= 0.3 is 0 Å². The van der Waals surface area contributed by atoms with E-state index in [1.54, 1.807) is 7.05 Å². The van der Waals surface area contributed by atoms with Gasteiger partial charge in [0.15, 0.2) is 0 Å². The van der Waals surface area contributed by atoms with Gasteiger partial charge in [0.2, 0.25) is 5.91 Å². The van der Waals surface area contributed by atoms with Crippen LogP contribution >= 0.6 is 0 Å². The average Bonchev–Trinajstić information content (AvgIpc) is 2.29. The highest BCUT2D eigenvalue weighted by atomic mass is 16.5. The molecule has 0 radical (unpaired) electrons. The van der Waals surface area contributed by atoms with Crippen molar-refractivity contribution >= 4 is 5.91 Å². The van der Waals surface area contributed by atoms with E-state index in [-0.39, 0.29) is 5.91 Å². The van der Waals surface area contributed by atoms with Crippen LogP contribution in [0.1, 0.15) is 25.7 Å². The number of carbonyl (C=O) groups excluding carboxylic acids is 1. The SMILES string of the molecule is CNC(=O)CCCNCC1CCCOC1. The molecule has 0 bridgehead atoms. The fraction of sp³-hybridized carbons (Fsp3) is 0.909. The van der Waals surface area contributed by atoms with E-state index < -0.39 is 0 Å². The van der Waals surface area contributed by atoms with Crippen molar-refractivity contribution in [2.24, 2.45) is 5.92 Å². The third-order valence-corrected chi connectivity index (χ3v) is 2.72. The Morgan fingerprint density at radius 3 is 3.07 bits per heavy atom. The van der Waals surface area contributed by atoms with Gasteiger partial charge in [-0.2, -0.15) is 0 Å². The molecule has 1 fully saturated rings. The predicted octanol–water partition coefficient (Wildman–Crippen LogP) is 0.529.